The second-order valence-corrected chi connectivity index (χ2v) is 7.05. The van der Waals surface area contributed by atoms with Crippen LogP contribution in [0.2, 0.25) is 0 Å². The van der Waals surface area contributed by atoms with E-state index in [-0.39, 0.29) is 17.5 Å². The van der Waals surface area contributed by atoms with Crippen molar-refractivity contribution in [3.8, 4) is 0 Å². The quantitative estimate of drug-likeness (QED) is 0.880. The number of hydrogen-bond acceptors (Lipinski definition) is 4. The number of rotatable bonds is 4. The molecule has 0 aromatic carbocycles. The summed E-state index contributed by atoms with van der Waals surface area (Å²) in [6.45, 7) is 1.54. The molecule has 1 fully saturated rings. The summed E-state index contributed by atoms with van der Waals surface area (Å²) in [7, 11) is -3.47. The Hall–Kier alpha value is -0.430. The highest BCUT2D eigenvalue weighted by Gasteiger charge is 2.27. The van der Waals surface area contributed by atoms with Gasteiger partial charge in [-0.05, 0) is 30.7 Å². The van der Waals surface area contributed by atoms with Crippen molar-refractivity contribution in [3.63, 3.8) is 0 Å². The van der Waals surface area contributed by atoms with E-state index in [1.165, 1.54) is 11.3 Å². The molecular weight excluding hydrogens is 258 g/mol. The second-order valence-electron chi connectivity index (χ2n) is 4.43. The van der Waals surface area contributed by atoms with Crippen LogP contribution in [0.4, 0.5) is 0 Å². The number of hydrogen-bond donors (Lipinski definition) is 2. The third kappa shape index (κ3) is 2.70. The molecule has 1 aliphatic rings. The minimum atomic E-state index is -3.47. The van der Waals surface area contributed by atoms with Gasteiger partial charge < -0.3 is 5.11 Å². The SMILES string of the molecule is Cc1csc(CO)c1S(=O)(=O)NC1CCCC1. The highest BCUT2D eigenvalue weighted by molar-refractivity contribution is 7.89. The molecule has 1 heterocycles. The highest BCUT2D eigenvalue weighted by atomic mass is 32.2. The molecule has 0 bridgehead atoms. The number of sulfonamides is 1. The van der Waals surface area contributed by atoms with Crippen LogP contribution in [-0.4, -0.2) is 19.6 Å². The van der Waals surface area contributed by atoms with Crippen LogP contribution in [0.25, 0.3) is 0 Å². The van der Waals surface area contributed by atoms with E-state index in [2.05, 4.69) is 4.72 Å². The molecular formula is C11H17NO3S2. The summed E-state index contributed by atoms with van der Waals surface area (Å²) in [6.07, 6.45) is 4.00. The van der Waals surface area contributed by atoms with Crippen molar-refractivity contribution >= 4 is 21.4 Å². The van der Waals surface area contributed by atoms with Crippen LogP contribution in [-0.2, 0) is 16.6 Å². The Morgan fingerprint density at radius 2 is 2.12 bits per heavy atom. The van der Waals surface area contributed by atoms with Crippen LogP contribution in [0.15, 0.2) is 10.3 Å². The van der Waals surface area contributed by atoms with Crippen LogP contribution >= 0.6 is 11.3 Å². The number of nitrogens with one attached hydrogen (secondary N) is 1. The first-order valence-corrected chi connectivity index (χ1v) is 8.11. The van der Waals surface area contributed by atoms with Gasteiger partial charge in [0.15, 0.2) is 0 Å². The molecule has 4 nitrogen and oxygen atoms in total. The maximum atomic E-state index is 12.2. The van der Waals surface area contributed by atoms with Crippen LogP contribution < -0.4 is 4.72 Å². The van der Waals surface area contributed by atoms with Crippen LogP contribution in [0.1, 0.15) is 36.1 Å². The third-order valence-corrected chi connectivity index (χ3v) is 6.05. The fourth-order valence-electron chi connectivity index (χ4n) is 2.28. The smallest absolute Gasteiger partial charge is 0.242 e. The van der Waals surface area contributed by atoms with Crippen LogP contribution in [0, 0.1) is 6.92 Å². The molecule has 2 N–H and O–H groups in total. The van der Waals surface area contributed by atoms with Gasteiger partial charge in [-0.15, -0.1) is 11.3 Å². The first kappa shape index (κ1) is 13.0. The zero-order valence-corrected chi connectivity index (χ0v) is 11.4. The second kappa shape index (κ2) is 5.06. The molecule has 0 unspecified atom stereocenters. The van der Waals surface area contributed by atoms with E-state index in [0.29, 0.717) is 10.4 Å². The molecule has 1 saturated carbocycles. The van der Waals surface area contributed by atoms with Gasteiger partial charge in [0.1, 0.15) is 4.90 Å². The number of thiophene rings is 1. The average Bonchev–Trinajstić information content (AvgIpc) is 2.86. The maximum absolute atomic E-state index is 12.2. The minimum Gasteiger partial charge on any atom is -0.391 e. The van der Waals surface area contributed by atoms with E-state index in [0.717, 1.165) is 25.7 Å². The summed E-state index contributed by atoms with van der Waals surface area (Å²) in [4.78, 5) is 0.796. The van der Waals surface area contributed by atoms with Crippen molar-refractivity contribution < 1.29 is 13.5 Å². The Morgan fingerprint density at radius 3 is 2.71 bits per heavy atom. The molecule has 0 atom stereocenters. The molecule has 1 aromatic rings. The van der Waals surface area contributed by atoms with E-state index < -0.39 is 10.0 Å². The minimum absolute atomic E-state index is 0.0610. The standard InChI is InChI=1S/C11H17NO3S2/c1-8-7-16-10(6-13)11(8)17(14,15)12-9-4-2-3-5-9/h7,9,12-13H,2-6H2,1H3. The molecule has 0 spiro atoms. The van der Waals surface area contributed by atoms with Crippen molar-refractivity contribution in [1.29, 1.82) is 0 Å². The zero-order valence-electron chi connectivity index (χ0n) is 9.77. The predicted molar refractivity (Wildman–Crippen MR) is 67.6 cm³/mol. The van der Waals surface area contributed by atoms with Gasteiger partial charge in [-0.2, -0.15) is 0 Å². The van der Waals surface area contributed by atoms with Crippen LogP contribution in [0.5, 0.6) is 0 Å². The summed E-state index contributed by atoms with van der Waals surface area (Å²) in [6, 6.07) is 0.0610. The normalized spacial score (nSPS) is 17.8. The Labute approximate surface area is 106 Å². The third-order valence-electron chi connectivity index (χ3n) is 3.08. The maximum Gasteiger partial charge on any atom is 0.242 e. The van der Waals surface area contributed by atoms with Gasteiger partial charge in [-0.3, -0.25) is 0 Å². The molecule has 2 rings (SSSR count). The Morgan fingerprint density at radius 1 is 1.47 bits per heavy atom. The van der Waals surface area contributed by atoms with Crippen molar-refractivity contribution in [2.45, 2.75) is 50.2 Å². The first-order valence-electron chi connectivity index (χ1n) is 5.75. The number of aliphatic hydroxyl groups is 1. The monoisotopic (exact) mass is 275 g/mol. The Bertz CT molecular complexity index is 487. The Balaban J connectivity index is 2.27. The van der Waals surface area contributed by atoms with Crippen LogP contribution in [0.3, 0.4) is 0 Å². The molecule has 0 saturated heterocycles. The molecule has 0 radical (unpaired) electrons. The molecule has 17 heavy (non-hydrogen) atoms. The molecule has 1 aliphatic carbocycles. The lowest BCUT2D eigenvalue weighted by atomic mass is 10.3. The van der Waals surface area contributed by atoms with Crippen molar-refractivity contribution in [3.05, 3.63) is 15.8 Å². The fourth-order valence-corrected chi connectivity index (χ4v) is 5.25. The molecule has 1 aromatic heterocycles. The zero-order chi connectivity index (χ0) is 12.5. The molecule has 96 valence electrons. The van der Waals surface area contributed by atoms with Gasteiger partial charge in [0, 0.05) is 6.04 Å². The van der Waals surface area contributed by atoms with Gasteiger partial charge >= 0.3 is 0 Å². The molecule has 0 amide bonds. The lowest BCUT2D eigenvalue weighted by Gasteiger charge is -2.13. The highest BCUT2D eigenvalue weighted by Crippen LogP contribution is 2.28. The summed E-state index contributed by atoms with van der Waals surface area (Å²) in [5.74, 6) is 0. The predicted octanol–water partition coefficient (Wildman–Crippen LogP) is 1.77. The van der Waals surface area contributed by atoms with E-state index >= 15 is 0 Å². The number of aryl methyl sites for hydroxylation is 1. The first-order chi connectivity index (χ1) is 8.04. The van der Waals surface area contributed by atoms with Gasteiger partial charge in [0.2, 0.25) is 10.0 Å². The largest absolute Gasteiger partial charge is 0.391 e. The van der Waals surface area contributed by atoms with Crippen molar-refractivity contribution in [2.75, 3.05) is 0 Å². The summed E-state index contributed by atoms with van der Waals surface area (Å²) in [5, 5.41) is 10.9. The van der Waals surface area contributed by atoms with Crippen molar-refractivity contribution in [1.82, 2.24) is 4.72 Å². The van der Waals surface area contributed by atoms with E-state index in [1.54, 1.807) is 12.3 Å². The Kier molecular flexibility index (Phi) is 3.87. The fraction of sp³-hybridized carbons (Fsp3) is 0.636. The topological polar surface area (TPSA) is 66.4 Å². The molecule has 6 heteroatoms. The van der Waals surface area contributed by atoms with Gasteiger partial charge in [-0.25, -0.2) is 13.1 Å². The lowest BCUT2D eigenvalue weighted by molar-refractivity contribution is 0.282. The van der Waals surface area contributed by atoms with Gasteiger partial charge in [0.25, 0.3) is 0 Å². The summed E-state index contributed by atoms with van der Waals surface area (Å²) in [5.41, 5.74) is 0.713. The summed E-state index contributed by atoms with van der Waals surface area (Å²) >= 11 is 1.29. The number of aliphatic hydroxyl groups excluding tert-OH is 1. The van der Waals surface area contributed by atoms with Gasteiger partial charge in [-0.1, -0.05) is 12.8 Å². The van der Waals surface area contributed by atoms with Gasteiger partial charge in [0.05, 0.1) is 11.5 Å². The van der Waals surface area contributed by atoms with E-state index in [1.807, 2.05) is 0 Å². The van der Waals surface area contributed by atoms with Crippen molar-refractivity contribution in [2.24, 2.45) is 0 Å². The average molecular weight is 275 g/mol. The van der Waals surface area contributed by atoms with E-state index in [9.17, 15) is 13.5 Å². The molecule has 0 aliphatic heterocycles. The van der Waals surface area contributed by atoms with E-state index in [4.69, 9.17) is 0 Å². The summed E-state index contributed by atoms with van der Waals surface area (Å²) < 4.78 is 27.2. The lowest BCUT2D eigenvalue weighted by Crippen LogP contribution is -2.33.